The van der Waals surface area contributed by atoms with Gasteiger partial charge in [-0.15, -0.1) is 0 Å². The lowest BCUT2D eigenvalue weighted by Gasteiger charge is -1.88. The smallest absolute Gasteiger partial charge is 0.461 e. The van der Waals surface area contributed by atoms with Gasteiger partial charge >= 0.3 is 11.4 Å². The maximum absolute atomic E-state index is 10.4. The zero-order chi connectivity index (χ0) is 10.7. The number of nitro groups is 2. The summed E-state index contributed by atoms with van der Waals surface area (Å²) in [4.78, 5) is 21.6. The van der Waals surface area contributed by atoms with Crippen LogP contribution in [-0.4, -0.2) is 9.85 Å². The van der Waals surface area contributed by atoms with Crippen LogP contribution >= 0.6 is 0 Å². The van der Waals surface area contributed by atoms with Gasteiger partial charge in [-0.25, -0.2) is 0 Å². The van der Waals surface area contributed by atoms with Gasteiger partial charge in [0.2, 0.25) is 5.39 Å². The van der Waals surface area contributed by atoms with Crippen LogP contribution in [0.1, 0.15) is 0 Å². The fourth-order valence-corrected chi connectivity index (χ4v) is 0.856. The monoisotopic (exact) mass is 230 g/mol. The van der Waals surface area contributed by atoms with Gasteiger partial charge in [0, 0.05) is 12.1 Å². The normalized spacial score (nSPS) is 8.47. The van der Waals surface area contributed by atoms with Gasteiger partial charge in [-0.3, -0.25) is 20.2 Å². The molecule has 0 aliphatic heterocycles. The molecule has 78 valence electrons. The van der Waals surface area contributed by atoms with Crippen LogP contribution in [0.15, 0.2) is 18.2 Å². The van der Waals surface area contributed by atoms with Gasteiger partial charge in [0.25, 0.3) is 5.69 Å². The lowest BCUT2D eigenvalue weighted by atomic mass is 10.2. The largest absolute Gasteiger partial charge is 1.00 e. The van der Waals surface area contributed by atoms with Gasteiger partial charge in [-0.1, -0.05) is 0 Å². The minimum Gasteiger partial charge on any atom is -1.00 e. The molecule has 1 rings (SSSR count). The summed E-state index contributed by atoms with van der Waals surface area (Å²) in [5, 5.41) is 29.0. The number of nitro benzene ring substituents is 2. The topological polar surface area (TPSA) is 114 Å². The Balaban J connectivity index is 0.00000196. The first-order chi connectivity index (χ1) is 6.56. The van der Waals surface area contributed by atoms with Gasteiger partial charge in [-0.05, 0) is 0 Å². The predicted octanol–water partition coefficient (Wildman–Crippen LogP) is -1.01. The molecular formula is C6H3ClN4O4. The lowest BCUT2D eigenvalue weighted by molar-refractivity contribution is -0.393. The summed E-state index contributed by atoms with van der Waals surface area (Å²) in [6.45, 7) is 0. The maximum Gasteiger partial charge on any atom is 0.461 e. The van der Waals surface area contributed by atoms with E-state index in [1.54, 1.807) is 0 Å². The molecule has 9 heteroatoms. The molecule has 0 bridgehead atoms. The van der Waals surface area contributed by atoms with Crippen molar-refractivity contribution in [2.75, 3.05) is 0 Å². The predicted molar refractivity (Wildman–Crippen MR) is 44.5 cm³/mol. The van der Waals surface area contributed by atoms with Crippen molar-refractivity contribution in [1.82, 2.24) is 0 Å². The molecule has 8 nitrogen and oxygen atoms in total. The van der Waals surface area contributed by atoms with Crippen LogP contribution in [-0.2, 0) is 0 Å². The highest BCUT2D eigenvalue weighted by Gasteiger charge is 2.27. The molecule has 0 unspecified atom stereocenters. The minimum absolute atomic E-state index is 0. The van der Waals surface area contributed by atoms with Crippen molar-refractivity contribution in [2.45, 2.75) is 0 Å². The standard InChI is InChI=1S/C6H3N4O4.ClH/c7-8-5-2-1-4(9(11)12)3-6(5)10(13)14;/h1-3H;1H/q+1;/p-1. The van der Waals surface area contributed by atoms with Crippen molar-refractivity contribution < 1.29 is 22.3 Å². The van der Waals surface area contributed by atoms with Crippen LogP contribution < -0.4 is 12.4 Å². The minimum atomic E-state index is -0.859. The van der Waals surface area contributed by atoms with Gasteiger partial charge in [0.15, 0.2) is 4.98 Å². The van der Waals surface area contributed by atoms with Crippen LogP contribution in [0.3, 0.4) is 0 Å². The average molecular weight is 231 g/mol. The summed E-state index contributed by atoms with van der Waals surface area (Å²) in [6.07, 6.45) is 0. The Labute approximate surface area is 88.9 Å². The molecule has 0 amide bonds. The van der Waals surface area contributed by atoms with Crippen LogP contribution in [0.4, 0.5) is 17.1 Å². The summed E-state index contributed by atoms with van der Waals surface area (Å²) < 4.78 is 0. The van der Waals surface area contributed by atoms with E-state index in [0.717, 1.165) is 18.2 Å². The Kier molecular flexibility index (Phi) is 4.09. The Bertz CT molecular complexity index is 455. The molecule has 0 N–H and O–H groups in total. The number of rotatable bonds is 2. The SMILES string of the molecule is N#[N+]c1ccc([N+](=O)[O-])cc1[N+](=O)[O-].[Cl-]. The second-order valence-electron chi connectivity index (χ2n) is 2.29. The van der Waals surface area contributed by atoms with Crippen molar-refractivity contribution in [3.63, 3.8) is 0 Å². The summed E-state index contributed by atoms with van der Waals surface area (Å²) in [7, 11) is 0. The van der Waals surface area contributed by atoms with Gasteiger partial charge in [-0.2, -0.15) is 0 Å². The molecule has 0 aliphatic rings. The molecular weight excluding hydrogens is 228 g/mol. The number of non-ortho nitro benzene ring substituents is 1. The molecule has 0 fully saturated rings. The molecule has 0 radical (unpaired) electrons. The molecule has 0 saturated carbocycles. The zero-order valence-electron chi connectivity index (χ0n) is 7.03. The molecule has 0 heterocycles. The van der Waals surface area contributed by atoms with Crippen LogP contribution in [0.5, 0.6) is 0 Å². The number of hydrogen-bond donors (Lipinski definition) is 0. The highest BCUT2D eigenvalue weighted by molar-refractivity contribution is 5.65. The van der Waals surface area contributed by atoms with Crippen molar-refractivity contribution in [3.8, 4) is 0 Å². The molecule has 0 atom stereocenters. The Hall–Kier alpha value is -2.27. The number of halogens is 1. The summed E-state index contributed by atoms with van der Waals surface area (Å²) >= 11 is 0. The van der Waals surface area contributed by atoms with E-state index in [4.69, 9.17) is 5.39 Å². The fourth-order valence-electron chi connectivity index (χ4n) is 0.856. The van der Waals surface area contributed by atoms with Crippen molar-refractivity contribution in [3.05, 3.63) is 43.4 Å². The third kappa shape index (κ3) is 2.58. The Morgan fingerprint density at radius 3 is 2.20 bits per heavy atom. The van der Waals surface area contributed by atoms with Gasteiger partial charge in [0.05, 0.1) is 9.85 Å². The van der Waals surface area contributed by atoms with E-state index < -0.39 is 21.2 Å². The van der Waals surface area contributed by atoms with Crippen LogP contribution in [0, 0.1) is 25.6 Å². The zero-order valence-corrected chi connectivity index (χ0v) is 7.79. The van der Waals surface area contributed by atoms with E-state index in [1.165, 1.54) is 0 Å². The Morgan fingerprint density at radius 1 is 1.20 bits per heavy atom. The average Bonchev–Trinajstić information content (AvgIpc) is 2.16. The van der Waals surface area contributed by atoms with Crippen molar-refractivity contribution in [1.29, 1.82) is 5.39 Å². The fraction of sp³-hybridized carbons (Fsp3) is 0. The van der Waals surface area contributed by atoms with E-state index in [9.17, 15) is 20.2 Å². The van der Waals surface area contributed by atoms with Crippen LogP contribution in [0.2, 0.25) is 0 Å². The summed E-state index contributed by atoms with van der Waals surface area (Å²) in [5.41, 5.74) is -1.36. The van der Waals surface area contributed by atoms with E-state index in [2.05, 4.69) is 4.98 Å². The first-order valence-corrected chi connectivity index (χ1v) is 3.34. The van der Waals surface area contributed by atoms with Crippen molar-refractivity contribution in [2.24, 2.45) is 0 Å². The van der Waals surface area contributed by atoms with E-state index >= 15 is 0 Å². The van der Waals surface area contributed by atoms with Gasteiger partial charge in [0.1, 0.15) is 6.07 Å². The summed E-state index contributed by atoms with van der Waals surface area (Å²) in [5.74, 6) is 0. The highest BCUT2D eigenvalue weighted by Crippen LogP contribution is 2.30. The second-order valence-corrected chi connectivity index (χ2v) is 2.29. The molecule has 1 aromatic carbocycles. The number of nitrogens with zero attached hydrogens (tertiary/aromatic N) is 4. The maximum atomic E-state index is 10.4. The quantitative estimate of drug-likeness (QED) is 0.367. The molecule has 15 heavy (non-hydrogen) atoms. The molecule has 0 aromatic heterocycles. The third-order valence-corrected chi connectivity index (χ3v) is 1.47. The molecule has 1 aromatic rings. The van der Waals surface area contributed by atoms with Gasteiger partial charge < -0.3 is 12.4 Å². The lowest BCUT2D eigenvalue weighted by Crippen LogP contribution is -3.00. The number of benzene rings is 1. The Morgan fingerprint density at radius 2 is 1.80 bits per heavy atom. The number of hydrogen-bond acceptors (Lipinski definition) is 5. The first-order valence-electron chi connectivity index (χ1n) is 3.34. The van der Waals surface area contributed by atoms with Crippen molar-refractivity contribution >= 4 is 17.1 Å². The molecule has 0 saturated heterocycles. The van der Waals surface area contributed by atoms with E-state index in [0.29, 0.717) is 0 Å². The highest BCUT2D eigenvalue weighted by atomic mass is 35.5. The van der Waals surface area contributed by atoms with E-state index in [-0.39, 0.29) is 18.1 Å². The summed E-state index contributed by atoms with van der Waals surface area (Å²) in [6, 6.07) is 2.74. The first kappa shape index (κ1) is 12.7. The number of diazo groups is 1. The molecule has 0 spiro atoms. The van der Waals surface area contributed by atoms with E-state index in [1.807, 2.05) is 0 Å². The van der Waals surface area contributed by atoms with Crippen LogP contribution in [0.25, 0.3) is 4.98 Å². The second kappa shape index (κ2) is 4.83. The molecule has 0 aliphatic carbocycles. The third-order valence-electron chi connectivity index (χ3n) is 1.47.